The van der Waals surface area contributed by atoms with Crippen LogP contribution in [0.5, 0.6) is 0 Å². The van der Waals surface area contributed by atoms with Gasteiger partial charge in [-0.15, -0.1) is 0 Å². The van der Waals surface area contributed by atoms with Crippen molar-refractivity contribution in [3.8, 4) is 0 Å². The van der Waals surface area contributed by atoms with Crippen LogP contribution in [0.25, 0.3) is 0 Å². The molecule has 0 atom stereocenters. The number of hydrogen-bond acceptors (Lipinski definition) is 2. The molecule has 0 spiro atoms. The predicted molar refractivity (Wildman–Crippen MR) is 83.2 cm³/mol. The maximum atomic E-state index is 7.43. The van der Waals surface area contributed by atoms with E-state index in [0.29, 0.717) is 5.02 Å². The van der Waals surface area contributed by atoms with Crippen molar-refractivity contribution in [2.24, 2.45) is 10.8 Å². The minimum atomic E-state index is -0.118. The molecule has 0 aliphatic rings. The zero-order valence-corrected chi connectivity index (χ0v) is 11.8. The molecule has 2 rings (SSSR count). The van der Waals surface area contributed by atoms with E-state index >= 15 is 0 Å². The van der Waals surface area contributed by atoms with Crippen LogP contribution in [0, 0.1) is 5.41 Å². The van der Waals surface area contributed by atoms with E-state index in [1.807, 2.05) is 54.6 Å². The van der Waals surface area contributed by atoms with Crippen LogP contribution in [-0.2, 0) is 0 Å². The van der Waals surface area contributed by atoms with Gasteiger partial charge in [-0.2, -0.15) is 5.10 Å². The van der Waals surface area contributed by atoms with Gasteiger partial charge < -0.3 is 5.73 Å². The van der Waals surface area contributed by atoms with Gasteiger partial charge in [0.15, 0.2) is 0 Å². The third-order valence-corrected chi connectivity index (χ3v) is 3.02. The van der Waals surface area contributed by atoms with Gasteiger partial charge >= 0.3 is 0 Å². The van der Waals surface area contributed by atoms with Crippen LogP contribution < -0.4 is 5.73 Å². The second-order valence-corrected chi connectivity index (χ2v) is 4.67. The quantitative estimate of drug-likeness (QED) is 0.518. The molecule has 0 amide bonds. The second-order valence-electron chi connectivity index (χ2n) is 4.23. The molecule has 0 fully saturated rings. The molecule has 0 radical (unpaired) electrons. The standard InChI is InChI=1S/C15H15ClN4/c1-20(15(17)18)19-14(11-5-3-2-4-6-11)12-7-9-13(16)10-8-12/h2-10H,1H3,(H3,17,18)/b19-14-. The SMILES string of the molecule is CN(/N=C(/c1ccccc1)c1ccc(Cl)cc1)C(=N)N. The number of guanidine groups is 1. The van der Waals surface area contributed by atoms with E-state index in [0.717, 1.165) is 16.8 Å². The highest BCUT2D eigenvalue weighted by Gasteiger charge is 2.09. The van der Waals surface area contributed by atoms with Crippen LogP contribution in [-0.4, -0.2) is 23.7 Å². The van der Waals surface area contributed by atoms with E-state index in [-0.39, 0.29) is 5.96 Å². The van der Waals surface area contributed by atoms with Gasteiger partial charge in [-0.1, -0.05) is 54.1 Å². The lowest BCUT2D eigenvalue weighted by Crippen LogP contribution is -2.29. The maximum absolute atomic E-state index is 7.43. The van der Waals surface area contributed by atoms with E-state index in [1.54, 1.807) is 7.05 Å². The van der Waals surface area contributed by atoms with Crippen LogP contribution in [0.4, 0.5) is 0 Å². The van der Waals surface area contributed by atoms with Gasteiger partial charge in [0.25, 0.3) is 0 Å². The number of benzene rings is 2. The molecule has 20 heavy (non-hydrogen) atoms. The molecule has 2 aromatic carbocycles. The Kier molecular flexibility index (Phi) is 4.38. The molecule has 0 aliphatic heterocycles. The summed E-state index contributed by atoms with van der Waals surface area (Å²) in [5.41, 5.74) is 8.04. The molecule has 0 aliphatic carbocycles. The number of nitrogens with zero attached hydrogens (tertiary/aromatic N) is 2. The molecular formula is C15H15ClN4. The lowest BCUT2D eigenvalue weighted by atomic mass is 10.0. The first-order valence-corrected chi connectivity index (χ1v) is 6.43. The first-order chi connectivity index (χ1) is 9.58. The van der Waals surface area contributed by atoms with Crippen molar-refractivity contribution in [3.63, 3.8) is 0 Å². The van der Waals surface area contributed by atoms with Gasteiger partial charge in [0, 0.05) is 23.2 Å². The summed E-state index contributed by atoms with van der Waals surface area (Å²) in [5.74, 6) is -0.118. The highest BCUT2D eigenvalue weighted by Crippen LogP contribution is 2.15. The van der Waals surface area contributed by atoms with Crippen molar-refractivity contribution in [1.82, 2.24) is 5.01 Å². The van der Waals surface area contributed by atoms with Gasteiger partial charge in [-0.05, 0) is 12.1 Å². The molecule has 102 valence electrons. The number of hydrazone groups is 1. The summed E-state index contributed by atoms with van der Waals surface area (Å²) >= 11 is 5.91. The average Bonchev–Trinajstić information content (AvgIpc) is 2.46. The molecule has 0 bridgehead atoms. The van der Waals surface area contributed by atoms with Crippen molar-refractivity contribution in [2.75, 3.05) is 7.05 Å². The molecule has 5 heteroatoms. The number of nitrogens with one attached hydrogen (secondary N) is 1. The Morgan fingerprint density at radius 1 is 1.05 bits per heavy atom. The minimum Gasteiger partial charge on any atom is -0.369 e. The van der Waals surface area contributed by atoms with Crippen LogP contribution in [0.15, 0.2) is 59.7 Å². The van der Waals surface area contributed by atoms with Crippen molar-refractivity contribution in [2.45, 2.75) is 0 Å². The Balaban J connectivity index is 2.50. The van der Waals surface area contributed by atoms with E-state index in [1.165, 1.54) is 5.01 Å². The number of nitrogens with two attached hydrogens (primary N) is 1. The largest absolute Gasteiger partial charge is 0.369 e. The van der Waals surface area contributed by atoms with E-state index < -0.39 is 0 Å². The second kappa shape index (κ2) is 6.21. The van der Waals surface area contributed by atoms with Crippen LogP contribution in [0.2, 0.25) is 5.02 Å². The van der Waals surface area contributed by atoms with Crippen molar-refractivity contribution in [1.29, 1.82) is 5.41 Å². The summed E-state index contributed by atoms with van der Waals surface area (Å²) in [6.45, 7) is 0. The smallest absolute Gasteiger partial charge is 0.209 e. The molecule has 2 aromatic rings. The van der Waals surface area contributed by atoms with Crippen molar-refractivity contribution < 1.29 is 0 Å². The minimum absolute atomic E-state index is 0.118. The molecule has 0 unspecified atom stereocenters. The number of halogens is 1. The highest BCUT2D eigenvalue weighted by molar-refractivity contribution is 6.30. The Labute approximate surface area is 123 Å². The summed E-state index contributed by atoms with van der Waals surface area (Å²) in [4.78, 5) is 0. The zero-order chi connectivity index (χ0) is 14.5. The van der Waals surface area contributed by atoms with Gasteiger partial charge in [0.05, 0.1) is 5.71 Å². The fraction of sp³-hybridized carbons (Fsp3) is 0.0667. The van der Waals surface area contributed by atoms with Gasteiger partial charge in [0.2, 0.25) is 5.96 Å². The van der Waals surface area contributed by atoms with Gasteiger partial charge in [-0.25, -0.2) is 5.01 Å². The van der Waals surface area contributed by atoms with Gasteiger partial charge in [0.1, 0.15) is 0 Å². The summed E-state index contributed by atoms with van der Waals surface area (Å²) in [6, 6.07) is 17.1. The van der Waals surface area contributed by atoms with E-state index in [9.17, 15) is 0 Å². The number of rotatable bonds is 3. The lowest BCUT2D eigenvalue weighted by molar-refractivity contribution is 0.534. The molecular weight excluding hydrogens is 272 g/mol. The first kappa shape index (κ1) is 14.1. The molecule has 0 heterocycles. The summed E-state index contributed by atoms with van der Waals surface area (Å²) in [7, 11) is 1.64. The third kappa shape index (κ3) is 3.36. The average molecular weight is 287 g/mol. The van der Waals surface area contributed by atoms with Crippen LogP contribution in [0.3, 0.4) is 0 Å². The zero-order valence-electron chi connectivity index (χ0n) is 11.0. The lowest BCUT2D eigenvalue weighted by Gasteiger charge is -2.14. The Hall–Kier alpha value is -2.33. The van der Waals surface area contributed by atoms with E-state index in [2.05, 4.69) is 5.10 Å². The fourth-order valence-electron chi connectivity index (χ4n) is 1.69. The Morgan fingerprint density at radius 2 is 1.60 bits per heavy atom. The summed E-state index contributed by atoms with van der Waals surface area (Å²) in [6.07, 6.45) is 0. The normalized spacial score (nSPS) is 11.2. The summed E-state index contributed by atoms with van der Waals surface area (Å²) < 4.78 is 0. The predicted octanol–water partition coefficient (Wildman–Crippen LogP) is 2.92. The topological polar surface area (TPSA) is 65.5 Å². The highest BCUT2D eigenvalue weighted by atomic mass is 35.5. The van der Waals surface area contributed by atoms with E-state index in [4.69, 9.17) is 22.7 Å². The first-order valence-electron chi connectivity index (χ1n) is 6.05. The van der Waals surface area contributed by atoms with Crippen molar-refractivity contribution in [3.05, 3.63) is 70.7 Å². The maximum Gasteiger partial charge on any atom is 0.209 e. The van der Waals surface area contributed by atoms with Crippen LogP contribution in [0.1, 0.15) is 11.1 Å². The Morgan fingerprint density at radius 3 is 2.15 bits per heavy atom. The van der Waals surface area contributed by atoms with Gasteiger partial charge in [-0.3, -0.25) is 5.41 Å². The molecule has 3 N–H and O–H groups in total. The van der Waals surface area contributed by atoms with Crippen molar-refractivity contribution >= 4 is 23.3 Å². The fourth-order valence-corrected chi connectivity index (χ4v) is 1.82. The molecule has 0 saturated heterocycles. The Bertz CT molecular complexity index is 620. The van der Waals surface area contributed by atoms with Crippen LogP contribution >= 0.6 is 11.6 Å². The monoisotopic (exact) mass is 286 g/mol. The number of hydrogen-bond donors (Lipinski definition) is 2. The third-order valence-electron chi connectivity index (χ3n) is 2.76. The summed E-state index contributed by atoms with van der Waals surface area (Å²) in [5, 5.41) is 13.8. The molecule has 0 aromatic heterocycles. The molecule has 4 nitrogen and oxygen atoms in total. The molecule has 0 saturated carbocycles.